The normalized spacial score (nSPS) is 12.3. The first-order chi connectivity index (χ1) is 10.1. The van der Waals surface area contributed by atoms with E-state index in [1.807, 2.05) is 4.98 Å². The number of pyridine rings is 1. The highest BCUT2D eigenvalue weighted by molar-refractivity contribution is 5.73. The molecule has 0 unspecified atom stereocenters. The molecule has 2 rings (SSSR count). The zero-order chi connectivity index (χ0) is 16.5. The fourth-order valence-corrected chi connectivity index (χ4v) is 1.83. The molecule has 0 fully saturated rings. The monoisotopic (exact) mass is 323 g/mol. The molecule has 0 spiro atoms. The predicted octanol–water partition coefficient (Wildman–Crippen LogP) is 3.96. The Balaban J connectivity index is 2.67. The molecule has 0 saturated carbocycles. The molecule has 0 aliphatic rings. The number of halogens is 6. The Hall–Kier alpha value is -2.45. The zero-order valence-electron chi connectivity index (χ0n) is 10.5. The Morgan fingerprint density at radius 2 is 1.59 bits per heavy atom. The molecule has 9 heteroatoms. The molecule has 0 radical (unpaired) electrons. The second kappa shape index (κ2) is 5.39. The van der Waals surface area contributed by atoms with Crippen molar-refractivity contribution >= 4 is 0 Å². The molecule has 3 nitrogen and oxygen atoms in total. The lowest BCUT2D eigenvalue weighted by molar-refractivity contribution is -0.274. The summed E-state index contributed by atoms with van der Waals surface area (Å²) in [7, 11) is 0. The molecule has 0 atom stereocenters. The van der Waals surface area contributed by atoms with Crippen LogP contribution in [0, 0.1) is 0 Å². The molecule has 1 aromatic carbocycles. The number of para-hydroxylation sites is 1. The van der Waals surface area contributed by atoms with Gasteiger partial charge in [-0.1, -0.05) is 18.2 Å². The molecule has 1 aromatic heterocycles. The first-order valence-electron chi connectivity index (χ1n) is 5.73. The van der Waals surface area contributed by atoms with E-state index in [2.05, 4.69) is 4.74 Å². The lowest BCUT2D eigenvalue weighted by atomic mass is 10.0. The molecular weight excluding hydrogens is 316 g/mol. The third kappa shape index (κ3) is 3.60. The van der Waals surface area contributed by atoms with Crippen LogP contribution in [0.5, 0.6) is 5.75 Å². The molecule has 1 N–H and O–H groups in total. The Morgan fingerprint density at radius 1 is 0.955 bits per heavy atom. The van der Waals surface area contributed by atoms with Gasteiger partial charge in [0.2, 0.25) is 5.56 Å². The number of hydrogen-bond acceptors (Lipinski definition) is 2. The minimum absolute atomic E-state index is 0.405. The second-order valence-electron chi connectivity index (χ2n) is 4.17. The number of aromatic amines is 1. The van der Waals surface area contributed by atoms with Crippen molar-refractivity contribution in [3.05, 3.63) is 52.4 Å². The van der Waals surface area contributed by atoms with Crippen molar-refractivity contribution in [3.63, 3.8) is 0 Å². The topological polar surface area (TPSA) is 42.1 Å². The van der Waals surface area contributed by atoms with Gasteiger partial charge in [0, 0.05) is 23.4 Å². The quantitative estimate of drug-likeness (QED) is 0.850. The second-order valence-corrected chi connectivity index (χ2v) is 4.17. The maximum atomic E-state index is 13.0. The van der Waals surface area contributed by atoms with Crippen LogP contribution < -0.4 is 10.3 Å². The third-order valence-electron chi connectivity index (χ3n) is 2.63. The molecule has 0 aliphatic heterocycles. The van der Waals surface area contributed by atoms with E-state index in [0.29, 0.717) is 12.3 Å². The van der Waals surface area contributed by atoms with Crippen molar-refractivity contribution in [2.75, 3.05) is 0 Å². The van der Waals surface area contributed by atoms with Crippen molar-refractivity contribution in [1.82, 2.24) is 4.98 Å². The van der Waals surface area contributed by atoms with Crippen molar-refractivity contribution in [1.29, 1.82) is 0 Å². The van der Waals surface area contributed by atoms with Crippen molar-refractivity contribution in [2.45, 2.75) is 12.5 Å². The van der Waals surface area contributed by atoms with Crippen LogP contribution in [0.2, 0.25) is 0 Å². The van der Waals surface area contributed by atoms with Crippen molar-refractivity contribution < 1.29 is 31.1 Å². The summed E-state index contributed by atoms with van der Waals surface area (Å²) in [6.45, 7) is 0. The number of H-pyrrole nitrogens is 1. The zero-order valence-corrected chi connectivity index (χ0v) is 10.5. The van der Waals surface area contributed by atoms with Crippen molar-refractivity contribution in [3.8, 4) is 16.9 Å². The summed E-state index contributed by atoms with van der Waals surface area (Å²) in [4.78, 5) is 13.1. The molecule has 1 heterocycles. The maximum Gasteiger partial charge on any atom is 0.573 e. The highest BCUT2D eigenvalue weighted by Crippen LogP contribution is 2.40. The van der Waals surface area contributed by atoms with Crippen LogP contribution in [0.3, 0.4) is 0 Å². The van der Waals surface area contributed by atoms with Crippen LogP contribution in [-0.2, 0) is 6.18 Å². The fraction of sp³-hybridized carbons (Fsp3) is 0.154. The minimum Gasteiger partial charge on any atom is -0.405 e. The van der Waals surface area contributed by atoms with E-state index >= 15 is 0 Å². The van der Waals surface area contributed by atoms with Gasteiger partial charge < -0.3 is 9.72 Å². The summed E-state index contributed by atoms with van der Waals surface area (Å²) >= 11 is 0. The molecule has 0 aliphatic carbocycles. The van der Waals surface area contributed by atoms with Gasteiger partial charge in [0.05, 0.1) is 5.56 Å². The van der Waals surface area contributed by atoms with Gasteiger partial charge >= 0.3 is 12.5 Å². The van der Waals surface area contributed by atoms with E-state index in [4.69, 9.17) is 0 Å². The number of benzene rings is 1. The van der Waals surface area contributed by atoms with Crippen LogP contribution in [0.25, 0.3) is 11.1 Å². The smallest absolute Gasteiger partial charge is 0.405 e. The van der Waals surface area contributed by atoms with Crippen LogP contribution in [-0.4, -0.2) is 11.3 Å². The maximum absolute atomic E-state index is 13.0. The van der Waals surface area contributed by atoms with E-state index in [1.54, 1.807) is 0 Å². The lowest BCUT2D eigenvalue weighted by Crippen LogP contribution is -2.18. The highest BCUT2D eigenvalue weighted by Gasteiger charge is 2.36. The molecule has 118 valence electrons. The standard InChI is InChI=1S/C13H7F6NO2/c14-12(15,16)9-6-20-11(21)5-8(9)7-3-1-2-4-10(7)22-13(17,18)19/h1-6H,(H,20,21). The average Bonchev–Trinajstić information content (AvgIpc) is 2.35. The Kier molecular flexibility index (Phi) is 3.90. The van der Waals surface area contributed by atoms with Gasteiger partial charge in [-0.15, -0.1) is 13.2 Å². The Labute approximate surface area is 119 Å². The van der Waals surface area contributed by atoms with E-state index in [9.17, 15) is 31.1 Å². The summed E-state index contributed by atoms with van der Waals surface area (Å²) in [5, 5.41) is 0. The number of hydrogen-bond donors (Lipinski definition) is 1. The lowest BCUT2D eigenvalue weighted by Gasteiger charge is -2.16. The summed E-state index contributed by atoms with van der Waals surface area (Å²) < 4.78 is 79.6. The number of nitrogens with one attached hydrogen (secondary N) is 1. The predicted molar refractivity (Wildman–Crippen MR) is 64.2 cm³/mol. The number of aromatic nitrogens is 1. The van der Waals surface area contributed by atoms with Crippen LogP contribution in [0.1, 0.15) is 5.56 Å². The number of alkyl halides is 6. The van der Waals surface area contributed by atoms with E-state index in [1.165, 1.54) is 12.1 Å². The molecule has 0 saturated heterocycles. The molecule has 0 bridgehead atoms. The first-order valence-corrected chi connectivity index (χ1v) is 5.73. The number of ether oxygens (including phenoxy) is 1. The average molecular weight is 323 g/mol. The molecule has 2 aromatic rings. The summed E-state index contributed by atoms with van der Waals surface area (Å²) in [6.07, 6.45) is -9.53. The van der Waals surface area contributed by atoms with Gasteiger partial charge in [-0.05, 0) is 6.07 Å². The Bertz CT molecular complexity index is 732. The van der Waals surface area contributed by atoms with Gasteiger partial charge in [0.25, 0.3) is 0 Å². The summed E-state index contributed by atoms with van der Waals surface area (Å²) in [5.41, 5.74) is -3.34. The van der Waals surface area contributed by atoms with E-state index < -0.39 is 40.5 Å². The SMILES string of the molecule is O=c1cc(-c2ccccc2OC(F)(F)F)c(C(F)(F)F)c[nH]1. The first kappa shape index (κ1) is 15.9. The molecule has 22 heavy (non-hydrogen) atoms. The minimum atomic E-state index is -5.07. The van der Waals surface area contributed by atoms with Gasteiger partial charge in [-0.25, -0.2) is 0 Å². The highest BCUT2D eigenvalue weighted by atomic mass is 19.4. The van der Waals surface area contributed by atoms with E-state index in [0.717, 1.165) is 12.1 Å². The summed E-state index contributed by atoms with van der Waals surface area (Å²) in [5.74, 6) is -0.828. The fourth-order valence-electron chi connectivity index (χ4n) is 1.83. The largest absolute Gasteiger partial charge is 0.573 e. The van der Waals surface area contributed by atoms with Gasteiger partial charge in [-0.3, -0.25) is 4.79 Å². The van der Waals surface area contributed by atoms with Gasteiger partial charge in [-0.2, -0.15) is 13.2 Å². The molecular formula is C13H7F6NO2. The van der Waals surface area contributed by atoms with Gasteiger partial charge in [0.15, 0.2) is 0 Å². The van der Waals surface area contributed by atoms with Crippen LogP contribution in [0.4, 0.5) is 26.3 Å². The Morgan fingerprint density at radius 3 is 2.18 bits per heavy atom. The van der Waals surface area contributed by atoms with E-state index in [-0.39, 0.29) is 0 Å². The van der Waals surface area contributed by atoms with Gasteiger partial charge in [0.1, 0.15) is 5.75 Å². The number of rotatable bonds is 2. The van der Waals surface area contributed by atoms with Crippen LogP contribution >= 0.6 is 0 Å². The van der Waals surface area contributed by atoms with Crippen molar-refractivity contribution in [2.24, 2.45) is 0 Å². The third-order valence-corrected chi connectivity index (χ3v) is 2.63. The summed E-state index contributed by atoms with van der Waals surface area (Å²) in [6, 6.07) is 4.85. The van der Waals surface area contributed by atoms with Crippen LogP contribution in [0.15, 0.2) is 41.3 Å². The molecule has 0 amide bonds.